The van der Waals surface area contributed by atoms with E-state index in [0.29, 0.717) is 11.7 Å². The van der Waals surface area contributed by atoms with Crippen LogP contribution in [0.3, 0.4) is 0 Å². The van der Waals surface area contributed by atoms with Crippen LogP contribution in [0.1, 0.15) is 64.7 Å². The molecule has 0 radical (unpaired) electrons. The highest BCUT2D eigenvalue weighted by Crippen LogP contribution is 2.62. The lowest BCUT2D eigenvalue weighted by atomic mass is 9.50. The van der Waals surface area contributed by atoms with Crippen LogP contribution in [-0.4, -0.2) is 17.0 Å². The summed E-state index contributed by atoms with van der Waals surface area (Å²) in [5.41, 5.74) is 0.207. The molecular formula is C18H28O2. The monoisotopic (exact) mass is 276 g/mol. The first-order valence-corrected chi connectivity index (χ1v) is 8.79. The zero-order valence-corrected chi connectivity index (χ0v) is 12.7. The van der Waals surface area contributed by atoms with Crippen molar-refractivity contribution in [2.75, 3.05) is 0 Å². The molecule has 0 spiro atoms. The molecule has 0 aromatic rings. The maximum Gasteiger partial charge on any atom is 0.133 e. The number of fused-ring (bicyclic) bond motifs is 5. The number of carbonyl (C=O) groups excluding carboxylic acids is 1. The molecule has 2 heteroatoms. The summed E-state index contributed by atoms with van der Waals surface area (Å²) in [6.45, 7) is 2.35. The number of aliphatic hydroxyl groups excluding tert-OH is 1. The van der Waals surface area contributed by atoms with Crippen LogP contribution in [0.25, 0.3) is 0 Å². The lowest BCUT2D eigenvalue weighted by Gasteiger charge is -2.55. The Bertz CT molecular complexity index is 418. The Balaban J connectivity index is 1.58. The molecular weight excluding hydrogens is 248 g/mol. The molecule has 20 heavy (non-hydrogen) atoms. The number of carbonyl (C=O) groups is 1. The van der Waals surface area contributed by atoms with Crippen molar-refractivity contribution in [3.05, 3.63) is 0 Å². The third kappa shape index (κ3) is 1.76. The maximum absolute atomic E-state index is 11.7. The first-order valence-electron chi connectivity index (χ1n) is 8.79. The van der Waals surface area contributed by atoms with Crippen LogP contribution in [0.5, 0.6) is 0 Å². The molecule has 0 amide bonds. The number of hydrogen-bond donors (Lipinski definition) is 1. The molecule has 1 N–H and O–H groups in total. The minimum absolute atomic E-state index is 0.0564. The third-order valence-electron chi connectivity index (χ3n) is 7.72. The lowest BCUT2D eigenvalue weighted by molar-refractivity contribution is -0.128. The fourth-order valence-corrected chi connectivity index (χ4v) is 6.63. The second kappa shape index (κ2) is 4.56. The summed E-state index contributed by atoms with van der Waals surface area (Å²) >= 11 is 0. The summed E-state index contributed by atoms with van der Waals surface area (Å²) in [7, 11) is 0. The minimum atomic E-state index is -0.0564. The van der Waals surface area contributed by atoms with Crippen molar-refractivity contribution in [1.29, 1.82) is 0 Å². The molecule has 4 aliphatic carbocycles. The van der Waals surface area contributed by atoms with E-state index in [9.17, 15) is 9.90 Å². The smallest absolute Gasteiger partial charge is 0.133 e. The van der Waals surface area contributed by atoms with E-state index >= 15 is 0 Å². The van der Waals surface area contributed by atoms with Gasteiger partial charge in [0.1, 0.15) is 5.78 Å². The predicted molar refractivity (Wildman–Crippen MR) is 78.1 cm³/mol. The van der Waals surface area contributed by atoms with Crippen molar-refractivity contribution in [2.24, 2.45) is 35.0 Å². The average Bonchev–Trinajstić information content (AvgIpc) is 2.74. The van der Waals surface area contributed by atoms with Gasteiger partial charge in [0.25, 0.3) is 0 Å². The van der Waals surface area contributed by atoms with Crippen molar-refractivity contribution in [2.45, 2.75) is 70.8 Å². The van der Waals surface area contributed by atoms with Gasteiger partial charge < -0.3 is 5.11 Å². The van der Waals surface area contributed by atoms with Crippen molar-refractivity contribution in [1.82, 2.24) is 0 Å². The molecule has 0 bridgehead atoms. The second-order valence-corrected chi connectivity index (χ2v) is 8.35. The van der Waals surface area contributed by atoms with E-state index in [4.69, 9.17) is 0 Å². The van der Waals surface area contributed by atoms with Gasteiger partial charge in [0.2, 0.25) is 0 Å². The highest BCUT2D eigenvalue weighted by molar-refractivity contribution is 5.79. The summed E-state index contributed by atoms with van der Waals surface area (Å²) in [4.78, 5) is 11.7. The topological polar surface area (TPSA) is 37.3 Å². The van der Waals surface area contributed by atoms with Gasteiger partial charge in [-0.1, -0.05) is 6.92 Å². The molecule has 7 atom stereocenters. The van der Waals surface area contributed by atoms with Crippen molar-refractivity contribution >= 4 is 5.78 Å². The van der Waals surface area contributed by atoms with Crippen LogP contribution in [-0.2, 0) is 4.79 Å². The molecule has 4 rings (SSSR count). The van der Waals surface area contributed by atoms with Gasteiger partial charge >= 0.3 is 0 Å². The highest BCUT2D eigenvalue weighted by atomic mass is 16.3. The lowest BCUT2D eigenvalue weighted by Crippen LogP contribution is -2.49. The van der Waals surface area contributed by atoms with Crippen LogP contribution >= 0.6 is 0 Å². The van der Waals surface area contributed by atoms with Gasteiger partial charge in [-0.15, -0.1) is 0 Å². The molecule has 112 valence electrons. The molecule has 0 heterocycles. The summed E-state index contributed by atoms with van der Waals surface area (Å²) in [6.07, 6.45) is 10.2. The number of hydrogen-bond acceptors (Lipinski definition) is 2. The molecule has 4 fully saturated rings. The SMILES string of the molecule is C[C@@]12CC[C@H]3[C@@H]4CCC(=O)C[C@H]4CC[C@@H]3[C@H]1CC[C@@H]2O. The van der Waals surface area contributed by atoms with Crippen LogP contribution in [0.4, 0.5) is 0 Å². The van der Waals surface area contributed by atoms with E-state index < -0.39 is 0 Å². The van der Waals surface area contributed by atoms with E-state index in [2.05, 4.69) is 6.92 Å². The molecule has 4 aliphatic rings. The molecule has 2 nitrogen and oxygen atoms in total. The predicted octanol–water partition coefficient (Wildman–Crippen LogP) is 3.57. The van der Waals surface area contributed by atoms with Crippen molar-refractivity contribution in [3.8, 4) is 0 Å². The van der Waals surface area contributed by atoms with Gasteiger partial charge in [-0.3, -0.25) is 4.79 Å². The third-order valence-corrected chi connectivity index (χ3v) is 7.72. The number of rotatable bonds is 0. The zero-order chi connectivity index (χ0) is 13.9. The molecule has 0 aliphatic heterocycles. The highest BCUT2D eigenvalue weighted by Gasteiger charge is 2.56. The molecule has 0 aromatic carbocycles. The van der Waals surface area contributed by atoms with Crippen molar-refractivity contribution in [3.63, 3.8) is 0 Å². The van der Waals surface area contributed by atoms with Crippen molar-refractivity contribution < 1.29 is 9.90 Å². The molecule has 4 saturated carbocycles. The number of Topliss-reactive ketones (excluding diaryl/α,β-unsaturated/α-hetero) is 1. The normalized spacial score (nSPS) is 55.0. The minimum Gasteiger partial charge on any atom is -0.393 e. The fraction of sp³-hybridized carbons (Fsp3) is 0.944. The van der Waals surface area contributed by atoms with Crippen LogP contribution in [0.15, 0.2) is 0 Å². The van der Waals surface area contributed by atoms with Crippen LogP contribution in [0.2, 0.25) is 0 Å². The maximum atomic E-state index is 11.7. The summed E-state index contributed by atoms with van der Waals surface area (Å²) in [5, 5.41) is 10.4. The summed E-state index contributed by atoms with van der Waals surface area (Å²) < 4.78 is 0. The van der Waals surface area contributed by atoms with Crippen LogP contribution in [0, 0.1) is 35.0 Å². The van der Waals surface area contributed by atoms with E-state index in [0.717, 1.165) is 49.4 Å². The molecule has 0 aromatic heterocycles. The van der Waals surface area contributed by atoms with Gasteiger partial charge in [-0.05, 0) is 80.0 Å². The first-order chi connectivity index (χ1) is 9.59. The average molecular weight is 276 g/mol. The van der Waals surface area contributed by atoms with Gasteiger partial charge in [0, 0.05) is 12.8 Å². The van der Waals surface area contributed by atoms with Crippen LogP contribution < -0.4 is 0 Å². The standard InChI is InChI=1S/C18H28O2/c1-18-9-8-14-13-5-3-12(19)10-11(13)2-4-15(14)16(18)6-7-17(18)20/h11,13-17,20H,2-10H2,1H3/t11-,13-,14+,15+,16-,17+,18-/m1/s1. The molecule has 0 unspecified atom stereocenters. The Morgan fingerprint density at radius 2 is 1.85 bits per heavy atom. The van der Waals surface area contributed by atoms with Gasteiger partial charge in [-0.25, -0.2) is 0 Å². The van der Waals surface area contributed by atoms with Gasteiger partial charge in [0.15, 0.2) is 0 Å². The summed E-state index contributed by atoms with van der Waals surface area (Å²) in [6, 6.07) is 0. The number of aliphatic hydroxyl groups is 1. The number of ketones is 1. The fourth-order valence-electron chi connectivity index (χ4n) is 6.63. The summed E-state index contributed by atoms with van der Waals surface area (Å²) in [5.74, 6) is 4.52. The Morgan fingerprint density at radius 3 is 2.70 bits per heavy atom. The Kier molecular flexibility index (Phi) is 3.03. The largest absolute Gasteiger partial charge is 0.393 e. The van der Waals surface area contributed by atoms with E-state index in [1.165, 1.54) is 32.1 Å². The second-order valence-electron chi connectivity index (χ2n) is 8.35. The van der Waals surface area contributed by atoms with E-state index in [-0.39, 0.29) is 11.5 Å². The van der Waals surface area contributed by atoms with Gasteiger partial charge in [-0.2, -0.15) is 0 Å². The van der Waals surface area contributed by atoms with E-state index in [1.807, 2.05) is 0 Å². The first kappa shape index (κ1) is 13.3. The zero-order valence-electron chi connectivity index (χ0n) is 12.7. The molecule has 0 saturated heterocycles. The Labute approximate surface area is 122 Å². The Hall–Kier alpha value is -0.370. The van der Waals surface area contributed by atoms with E-state index in [1.54, 1.807) is 0 Å². The Morgan fingerprint density at radius 1 is 1.00 bits per heavy atom. The quantitative estimate of drug-likeness (QED) is 0.734. The van der Waals surface area contributed by atoms with Gasteiger partial charge in [0.05, 0.1) is 6.10 Å².